The van der Waals surface area contributed by atoms with Gasteiger partial charge in [-0.1, -0.05) is 84.9 Å². The number of hydrogen-bond donors (Lipinski definition) is 0. The lowest BCUT2D eigenvalue weighted by Gasteiger charge is -2.19. The molecule has 2 heterocycles. The van der Waals surface area contributed by atoms with Gasteiger partial charge in [0.25, 0.3) is 0 Å². The molecule has 0 radical (unpaired) electrons. The van der Waals surface area contributed by atoms with Crippen LogP contribution in [-0.4, -0.2) is 9.55 Å². The van der Waals surface area contributed by atoms with Crippen molar-refractivity contribution >= 4 is 43.4 Å². The first kappa shape index (κ1) is 16.6. The predicted molar refractivity (Wildman–Crippen MR) is 130 cm³/mol. The lowest BCUT2D eigenvalue weighted by Crippen LogP contribution is -2.04. The van der Waals surface area contributed by atoms with Crippen LogP contribution < -0.4 is 0 Å². The van der Waals surface area contributed by atoms with Gasteiger partial charge in [0.1, 0.15) is 5.82 Å². The summed E-state index contributed by atoms with van der Waals surface area (Å²) in [5, 5.41) is 7.42. The molecule has 0 unspecified atom stereocenters. The van der Waals surface area contributed by atoms with Crippen LogP contribution >= 0.6 is 0 Å². The number of para-hydroxylation sites is 2. The summed E-state index contributed by atoms with van der Waals surface area (Å²) in [6.07, 6.45) is 0. The molecule has 7 rings (SSSR count). The maximum atomic E-state index is 5.09. The van der Waals surface area contributed by atoms with Gasteiger partial charge in [0.15, 0.2) is 0 Å². The molecular formula is C29H18N2. The highest BCUT2D eigenvalue weighted by Crippen LogP contribution is 2.39. The van der Waals surface area contributed by atoms with Gasteiger partial charge in [0, 0.05) is 16.3 Å². The van der Waals surface area contributed by atoms with Crippen molar-refractivity contribution in [2.75, 3.05) is 0 Å². The summed E-state index contributed by atoms with van der Waals surface area (Å²) in [6.45, 7) is 0. The van der Waals surface area contributed by atoms with Crippen molar-refractivity contribution in [3.63, 3.8) is 0 Å². The molecule has 0 N–H and O–H groups in total. The van der Waals surface area contributed by atoms with Gasteiger partial charge < -0.3 is 0 Å². The van der Waals surface area contributed by atoms with Gasteiger partial charge in [-0.3, -0.25) is 4.57 Å². The van der Waals surface area contributed by atoms with Crippen LogP contribution in [0.3, 0.4) is 0 Å². The number of rotatable bonds is 1. The highest BCUT2D eigenvalue weighted by atomic mass is 15.1. The summed E-state index contributed by atoms with van der Waals surface area (Å²) in [5.74, 6) is 1.00. The molecule has 0 fully saturated rings. The third-order valence-corrected chi connectivity index (χ3v) is 6.34. The smallest absolute Gasteiger partial charge is 0.146 e. The molecule has 144 valence electrons. The Labute approximate surface area is 179 Å². The minimum absolute atomic E-state index is 1.00. The molecule has 0 aliphatic carbocycles. The van der Waals surface area contributed by atoms with Gasteiger partial charge in [0.2, 0.25) is 0 Å². The normalized spacial score (nSPS) is 11.9. The summed E-state index contributed by atoms with van der Waals surface area (Å²) in [7, 11) is 0. The largest absolute Gasteiger partial charge is 0.293 e. The van der Waals surface area contributed by atoms with Gasteiger partial charge in [0.05, 0.1) is 16.7 Å². The lowest BCUT2D eigenvalue weighted by atomic mass is 9.99. The van der Waals surface area contributed by atoms with E-state index in [1.54, 1.807) is 0 Å². The van der Waals surface area contributed by atoms with E-state index in [4.69, 9.17) is 4.98 Å². The Morgan fingerprint density at radius 2 is 1.16 bits per heavy atom. The van der Waals surface area contributed by atoms with Gasteiger partial charge in [-0.15, -0.1) is 0 Å². The van der Waals surface area contributed by atoms with E-state index >= 15 is 0 Å². The highest BCUT2D eigenvalue weighted by Gasteiger charge is 2.20. The molecule has 0 atom stereocenters. The maximum Gasteiger partial charge on any atom is 0.146 e. The third-order valence-electron chi connectivity index (χ3n) is 6.34. The average molecular weight is 394 g/mol. The molecule has 2 nitrogen and oxygen atoms in total. The minimum atomic E-state index is 1.00. The quantitative estimate of drug-likeness (QED) is 0.262. The number of hydrogen-bond acceptors (Lipinski definition) is 1. The fraction of sp³-hybridized carbons (Fsp3) is 0. The Morgan fingerprint density at radius 3 is 2.03 bits per heavy atom. The minimum Gasteiger partial charge on any atom is -0.293 e. The summed E-state index contributed by atoms with van der Waals surface area (Å²) in [4.78, 5) is 5.09. The summed E-state index contributed by atoms with van der Waals surface area (Å²) < 4.78 is 2.35. The monoisotopic (exact) mass is 394 g/mol. The first-order valence-electron chi connectivity index (χ1n) is 10.6. The average Bonchev–Trinajstić information content (AvgIpc) is 3.20. The molecule has 5 aromatic carbocycles. The van der Waals surface area contributed by atoms with Crippen molar-refractivity contribution < 1.29 is 0 Å². The number of fused-ring (bicyclic) bond motifs is 7. The zero-order chi connectivity index (χ0) is 20.4. The Hall–Kier alpha value is -4.17. The van der Waals surface area contributed by atoms with E-state index in [0.717, 1.165) is 11.3 Å². The highest BCUT2D eigenvalue weighted by molar-refractivity contribution is 6.12. The molecule has 2 aliphatic heterocycles. The van der Waals surface area contributed by atoms with E-state index in [9.17, 15) is 0 Å². The van der Waals surface area contributed by atoms with Crippen LogP contribution in [0.1, 0.15) is 0 Å². The van der Waals surface area contributed by atoms with Gasteiger partial charge in [-0.25, -0.2) is 4.98 Å². The van der Waals surface area contributed by atoms with E-state index in [-0.39, 0.29) is 0 Å². The van der Waals surface area contributed by atoms with E-state index in [1.807, 2.05) is 0 Å². The third kappa shape index (κ3) is 2.30. The number of pyridine rings is 1. The van der Waals surface area contributed by atoms with Crippen molar-refractivity contribution in [1.29, 1.82) is 0 Å². The van der Waals surface area contributed by atoms with Gasteiger partial charge in [-0.2, -0.15) is 0 Å². The van der Waals surface area contributed by atoms with Crippen LogP contribution in [0.15, 0.2) is 109 Å². The molecule has 31 heavy (non-hydrogen) atoms. The van der Waals surface area contributed by atoms with E-state index in [0.29, 0.717) is 0 Å². The van der Waals surface area contributed by atoms with Crippen molar-refractivity contribution in [1.82, 2.24) is 9.55 Å². The molecular weight excluding hydrogens is 376 g/mol. The Bertz CT molecular complexity index is 1740. The number of benzene rings is 5. The van der Waals surface area contributed by atoms with Gasteiger partial charge >= 0.3 is 0 Å². The topological polar surface area (TPSA) is 17.8 Å². The van der Waals surface area contributed by atoms with E-state index < -0.39 is 0 Å². The molecule has 0 bridgehead atoms. The number of aromatic nitrogens is 2. The zero-order valence-corrected chi connectivity index (χ0v) is 16.8. The fourth-order valence-electron chi connectivity index (χ4n) is 4.95. The van der Waals surface area contributed by atoms with Crippen molar-refractivity contribution in [3.8, 4) is 17.1 Å². The Morgan fingerprint density at radius 1 is 0.516 bits per heavy atom. The summed E-state index contributed by atoms with van der Waals surface area (Å²) >= 11 is 0. The molecule has 0 saturated heterocycles. The maximum absolute atomic E-state index is 5.09. The second-order valence-corrected chi connectivity index (χ2v) is 8.07. The molecule has 2 heteroatoms. The second-order valence-electron chi connectivity index (χ2n) is 8.07. The van der Waals surface area contributed by atoms with Crippen LogP contribution in [0.5, 0.6) is 0 Å². The van der Waals surface area contributed by atoms with Crippen molar-refractivity contribution in [2.45, 2.75) is 0 Å². The van der Waals surface area contributed by atoms with Crippen LogP contribution in [-0.2, 0) is 0 Å². The van der Waals surface area contributed by atoms with Crippen molar-refractivity contribution in [3.05, 3.63) is 109 Å². The fourth-order valence-corrected chi connectivity index (χ4v) is 4.95. The van der Waals surface area contributed by atoms with Crippen LogP contribution in [0.4, 0.5) is 0 Å². The first-order valence-corrected chi connectivity index (χ1v) is 10.6. The standard InChI is InChI=1S/C29H18N2/c1-3-11-21-19(9-1)18-28(24-14-5-4-12-22(21)24)31-27-16-8-2-10-20(27)17-25-23-13-6-7-15-26(23)30-29(25)31/h1-18H. The van der Waals surface area contributed by atoms with Crippen LogP contribution in [0, 0.1) is 0 Å². The Kier molecular flexibility index (Phi) is 3.30. The molecule has 5 aromatic rings. The van der Waals surface area contributed by atoms with Gasteiger partial charge in [-0.05, 0) is 45.8 Å². The summed E-state index contributed by atoms with van der Waals surface area (Å²) in [5.41, 5.74) is 4.55. The van der Waals surface area contributed by atoms with E-state index in [1.165, 1.54) is 49.1 Å². The van der Waals surface area contributed by atoms with Crippen LogP contribution in [0.2, 0.25) is 0 Å². The number of nitrogens with zero attached hydrogens (tertiary/aromatic N) is 2. The van der Waals surface area contributed by atoms with E-state index in [2.05, 4.69) is 114 Å². The molecule has 0 amide bonds. The lowest BCUT2D eigenvalue weighted by molar-refractivity contribution is 1.09. The van der Waals surface area contributed by atoms with Crippen molar-refractivity contribution in [2.24, 2.45) is 0 Å². The molecule has 0 saturated carbocycles. The second kappa shape index (κ2) is 6.16. The first-order chi connectivity index (χ1) is 15.4. The SMILES string of the molecule is c1ccc2c(c1)cc(-n1c3nc4ccccc4c-3cc3ccccc31)c1ccccc12. The zero-order valence-electron chi connectivity index (χ0n) is 16.8. The molecule has 0 spiro atoms. The van der Waals surface area contributed by atoms with Crippen LogP contribution in [0.25, 0.3) is 60.4 Å². The predicted octanol–water partition coefficient (Wildman–Crippen LogP) is 7.59. The Balaban J connectivity index is 1.74. The summed E-state index contributed by atoms with van der Waals surface area (Å²) in [6, 6.07) is 38.9. The molecule has 2 aliphatic rings. The molecule has 0 aromatic heterocycles.